The highest BCUT2D eigenvalue weighted by Gasteiger charge is 2.11. The first-order chi connectivity index (χ1) is 7.72. The van der Waals surface area contributed by atoms with Gasteiger partial charge in [-0.2, -0.15) is 5.10 Å². The normalized spacial score (nSPS) is 13.2. The summed E-state index contributed by atoms with van der Waals surface area (Å²) in [5.41, 5.74) is 2.13. The van der Waals surface area contributed by atoms with Crippen molar-refractivity contribution in [2.75, 3.05) is 0 Å². The van der Waals surface area contributed by atoms with Crippen LogP contribution in [0.2, 0.25) is 0 Å². The SMILES string of the molecule is CCCC(O)Cc1nn(C)c2ccccc12. The van der Waals surface area contributed by atoms with Crippen LogP contribution in [0.4, 0.5) is 0 Å². The van der Waals surface area contributed by atoms with E-state index in [2.05, 4.69) is 24.2 Å². The molecule has 0 radical (unpaired) electrons. The molecule has 0 amide bonds. The van der Waals surface area contributed by atoms with Gasteiger partial charge in [0.1, 0.15) is 0 Å². The molecule has 1 heterocycles. The van der Waals surface area contributed by atoms with Crippen LogP contribution in [0.1, 0.15) is 25.5 Å². The lowest BCUT2D eigenvalue weighted by Crippen LogP contribution is -2.10. The molecule has 0 fully saturated rings. The number of rotatable bonds is 4. The topological polar surface area (TPSA) is 38.1 Å². The van der Waals surface area contributed by atoms with Gasteiger partial charge in [-0.3, -0.25) is 4.68 Å². The summed E-state index contributed by atoms with van der Waals surface area (Å²) in [5, 5.41) is 15.4. The molecule has 2 aromatic rings. The predicted molar refractivity (Wildman–Crippen MR) is 65.3 cm³/mol. The van der Waals surface area contributed by atoms with E-state index in [1.54, 1.807) is 0 Å². The first kappa shape index (κ1) is 11.1. The summed E-state index contributed by atoms with van der Waals surface area (Å²) in [6.45, 7) is 2.08. The predicted octanol–water partition coefficient (Wildman–Crippen LogP) is 2.28. The Morgan fingerprint density at radius 3 is 2.88 bits per heavy atom. The van der Waals surface area contributed by atoms with Gasteiger partial charge in [0.2, 0.25) is 0 Å². The van der Waals surface area contributed by atoms with Crippen LogP contribution >= 0.6 is 0 Å². The summed E-state index contributed by atoms with van der Waals surface area (Å²) in [4.78, 5) is 0. The molecular formula is C13H18N2O. The Bertz CT molecular complexity index is 476. The molecule has 0 bridgehead atoms. The smallest absolute Gasteiger partial charge is 0.0728 e. The molecule has 3 heteroatoms. The summed E-state index contributed by atoms with van der Waals surface area (Å²) < 4.78 is 1.88. The molecule has 1 unspecified atom stereocenters. The number of benzene rings is 1. The van der Waals surface area contributed by atoms with Gasteiger partial charge in [-0.05, 0) is 12.5 Å². The third kappa shape index (κ3) is 2.09. The van der Waals surface area contributed by atoms with Gasteiger partial charge >= 0.3 is 0 Å². The van der Waals surface area contributed by atoms with Gasteiger partial charge in [-0.15, -0.1) is 0 Å². The Labute approximate surface area is 95.7 Å². The van der Waals surface area contributed by atoms with E-state index in [-0.39, 0.29) is 6.10 Å². The quantitative estimate of drug-likeness (QED) is 0.855. The van der Waals surface area contributed by atoms with Crippen molar-refractivity contribution in [2.45, 2.75) is 32.3 Å². The van der Waals surface area contributed by atoms with Crippen LogP contribution < -0.4 is 0 Å². The maximum Gasteiger partial charge on any atom is 0.0728 e. The number of aliphatic hydroxyl groups excluding tert-OH is 1. The number of hydrogen-bond donors (Lipinski definition) is 1. The standard InChI is InChI=1S/C13H18N2O/c1-3-6-10(16)9-12-11-7-4-5-8-13(11)15(2)14-12/h4-5,7-8,10,16H,3,6,9H2,1-2H3. The molecule has 1 N–H and O–H groups in total. The first-order valence-electron chi connectivity index (χ1n) is 5.81. The molecule has 3 nitrogen and oxygen atoms in total. The fraction of sp³-hybridized carbons (Fsp3) is 0.462. The van der Waals surface area contributed by atoms with E-state index in [4.69, 9.17) is 0 Å². The van der Waals surface area contributed by atoms with E-state index in [0.29, 0.717) is 6.42 Å². The molecule has 86 valence electrons. The second-order valence-corrected chi connectivity index (χ2v) is 4.23. The Morgan fingerprint density at radius 1 is 1.38 bits per heavy atom. The maximum absolute atomic E-state index is 9.82. The first-order valence-corrected chi connectivity index (χ1v) is 5.81. The van der Waals surface area contributed by atoms with Crippen molar-refractivity contribution in [2.24, 2.45) is 7.05 Å². The number of nitrogens with zero attached hydrogens (tertiary/aromatic N) is 2. The number of aryl methyl sites for hydroxylation is 1. The van der Waals surface area contributed by atoms with E-state index in [1.165, 1.54) is 0 Å². The van der Waals surface area contributed by atoms with E-state index in [9.17, 15) is 5.11 Å². The summed E-state index contributed by atoms with van der Waals surface area (Å²) in [7, 11) is 1.94. The molecule has 0 aliphatic carbocycles. The van der Waals surface area contributed by atoms with Gasteiger partial charge in [0.05, 0.1) is 17.3 Å². The third-order valence-corrected chi connectivity index (χ3v) is 2.89. The molecule has 0 saturated heterocycles. The van der Waals surface area contributed by atoms with Crippen molar-refractivity contribution in [1.29, 1.82) is 0 Å². The molecule has 1 aromatic carbocycles. The lowest BCUT2D eigenvalue weighted by molar-refractivity contribution is 0.163. The van der Waals surface area contributed by atoms with E-state index >= 15 is 0 Å². The zero-order chi connectivity index (χ0) is 11.5. The minimum Gasteiger partial charge on any atom is -0.393 e. The molecular weight excluding hydrogens is 200 g/mol. The fourth-order valence-corrected chi connectivity index (χ4v) is 2.10. The van der Waals surface area contributed by atoms with Crippen LogP contribution in [0, 0.1) is 0 Å². The monoisotopic (exact) mass is 218 g/mol. The third-order valence-electron chi connectivity index (χ3n) is 2.89. The zero-order valence-corrected chi connectivity index (χ0v) is 9.85. The highest BCUT2D eigenvalue weighted by Crippen LogP contribution is 2.19. The number of fused-ring (bicyclic) bond motifs is 1. The van der Waals surface area contributed by atoms with Gasteiger partial charge in [0.25, 0.3) is 0 Å². The highest BCUT2D eigenvalue weighted by atomic mass is 16.3. The van der Waals surface area contributed by atoms with Crippen LogP contribution in [-0.2, 0) is 13.5 Å². The summed E-state index contributed by atoms with van der Waals surface area (Å²) in [6, 6.07) is 8.14. The lowest BCUT2D eigenvalue weighted by atomic mass is 10.1. The van der Waals surface area contributed by atoms with Gasteiger partial charge in [0, 0.05) is 18.9 Å². The largest absolute Gasteiger partial charge is 0.393 e. The molecule has 0 saturated carbocycles. The average Bonchev–Trinajstić information content (AvgIpc) is 2.57. The Hall–Kier alpha value is -1.35. The van der Waals surface area contributed by atoms with Gasteiger partial charge in [-0.1, -0.05) is 31.5 Å². The number of aromatic nitrogens is 2. The number of para-hydroxylation sites is 1. The van der Waals surface area contributed by atoms with Crippen LogP contribution in [-0.4, -0.2) is 21.0 Å². The van der Waals surface area contributed by atoms with Crippen molar-refractivity contribution in [1.82, 2.24) is 9.78 Å². The number of hydrogen-bond acceptors (Lipinski definition) is 2. The molecule has 0 aliphatic heterocycles. The van der Waals surface area contributed by atoms with Crippen LogP contribution in [0.15, 0.2) is 24.3 Å². The average molecular weight is 218 g/mol. The second-order valence-electron chi connectivity index (χ2n) is 4.23. The molecule has 1 aromatic heterocycles. The van der Waals surface area contributed by atoms with Crippen molar-refractivity contribution >= 4 is 10.9 Å². The van der Waals surface area contributed by atoms with Crippen LogP contribution in [0.3, 0.4) is 0 Å². The van der Waals surface area contributed by atoms with Crippen LogP contribution in [0.25, 0.3) is 10.9 Å². The van der Waals surface area contributed by atoms with Crippen LogP contribution in [0.5, 0.6) is 0 Å². The van der Waals surface area contributed by atoms with Gasteiger partial charge in [-0.25, -0.2) is 0 Å². The molecule has 0 spiro atoms. The van der Waals surface area contributed by atoms with Crippen molar-refractivity contribution in [3.63, 3.8) is 0 Å². The summed E-state index contributed by atoms with van der Waals surface area (Å²) >= 11 is 0. The Kier molecular flexibility index (Phi) is 3.25. The lowest BCUT2D eigenvalue weighted by Gasteiger charge is -2.06. The second kappa shape index (κ2) is 4.66. The highest BCUT2D eigenvalue weighted by molar-refractivity contribution is 5.81. The summed E-state index contributed by atoms with van der Waals surface area (Å²) in [5.74, 6) is 0. The maximum atomic E-state index is 9.82. The van der Waals surface area contributed by atoms with Crippen molar-refractivity contribution < 1.29 is 5.11 Å². The Morgan fingerprint density at radius 2 is 2.12 bits per heavy atom. The molecule has 2 rings (SSSR count). The fourth-order valence-electron chi connectivity index (χ4n) is 2.10. The Balaban J connectivity index is 2.31. The van der Waals surface area contributed by atoms with E-state index in [0.717, 1.165) is 29.4 Å². The van der Waals surface area contributed by atoms with Crippen molar-refractivity contribution in [3.05, 3.63) is 30.0 Å². The van der Waals surface area contributed by atoms with Crippen molar-refractivity contribution in [3.8, 4) is 0 Å². The summed E-state index contributed by atoms with van der Waals surface area (Å²) in [6.07, 6.45) is 2.22. The number of aliphatic hydroxyl groups is 1. The molecule has 0 aliphatic rings. The molecule has 1 atom stereocenters. The minimum atomic E-state index is -0.275. The molecule has 16 heavy (non-hydrogen) atoms. The zero-order valence-electron chi connectivity index (χ0n) is 9.85. The minimum absolute atomic E-state index is 0.275. The van der Waals surface area contributed by atoms with Gasteiger partial charge in [0.15, 0.2) is 0 Å². The van der Waals surface area contributed by atoms with Gasteiger partial charge < -0.3 is 5.11 Å². The van der Waals surface area contributed by atoms with E-state index in [1.807, 2.05) is 23.9 Å². The van der Waals surface area contributed by atoms with E-state index < -0.39 is 0 Å².